The smallest absolute Gasteiger partial charge is 0.121 e. The van der Waals surface area contributed by atoms with Crippen molar-refractivity contribution in [2.75, 3.05) is 7.05 Å². The summed E-state index contributed by atoms with van der Waals surface area (Å²) < 4.78 is 0. The van der Waals surface area contributed by atoms with E-state index in [1.54, 1.807) is 0 Å². The van der Waals surface area contributed by atoms with Crippen LogP contribution in [0.5, 0.6) is 0 Å². The van der Waals surface area contributed by atoms with E-state index in [0.29, 0.717) is 12.1 Å². The van der Waals surface area contributed by atoms with Gasteiger partial charge in [-0.05, 0) is 26.7 Å². The zero-order chi connectivity index (χ0) is 10.2. The highest BCUT2D eigenvalue weighted by Gasteiger charge is 2.34. The molecule has 3 nitrogen and oxygen atoms in total. The summed E-state index contributed by atoms with van der Waals surface area (Å²) in [5.41, 5.74) is 0.156. The van der Waals surface area contributed by atoms with Gasteiger partial charge in [-0.1, -0.05) is 13.8 Å². The third kappa shape index (κ3) is 1.95. The summed E-state index contributed by atoms with van der Waals surface area (Å²) in [7, 11) is 2.03. The van der Waals surface area contributed by atoms with Gasteiger partial charge < -0.3 is 4.90 Å². The molecule has 76 valence electrons. The van der Waals surface area contributed by atoms with E-state index in [1.165, 1.54) is 0 Å². The summed E-state index contributed by atoms with van der Waals surface area (Å²) in [6, 6.07) is 0. The van der Waals surface area contributed by atoms with Crippen LogP contribution in [0, 0.1) is 5.92 Å². The highest BCUT2D eigenvalue weighted by molar-refractivity contribution is 5.58. The minimum atomic E-state index is 0.156. The maximum atomic E-state index is 4.32. The quantitative estimate of drug-likeness (QED) is 0.619. The zero-order valence-electron chi connectivity index (χ0n) is 9.57. The van der Waals surface area contributed by atoms with Crippen LogP contribution in [-0.4, -0.2) is 35.0 Å². The average molecular weight is 183 g/mol. The normalized spacial score (nSPS) is 23.5. The van der Waals surface area contributed by atoms with Gasteiger partial charge in [0, 0.05) is 12.6 Å². The molecule has 0 aromatic carbocycles. The fraction of sp³-hybridized carbons (Fsp3) is 0.900. The standard InChI is InChI=1S/C10H21N3/c1-8(2)9-12(6)11-7-13(9)10(3,4)5/h7-9H,1-6H3. The van der Waals surface area contributed by atoms with Crippen molar-refractivity contribution in [1.29, 1.82) is 0 Å². The minimum absolute atomic E-state index is 0.156. The second-order valence-corrected chi connectivity index (χ2v) is 5.04. The van der Waals surface area contributed by atoms with Crippen LogP contribution >= 0.6 is 0 Å². The molecule has 0 fully saturated rings. The Kier molecular flexibility index (Phi) is 2.55. The summed E-state index contributed by atoms with van der Waals surface area (Å²) in [5.74, 6) is 0.590. The molecule has 0 radical (unpaired) electrons. The van der Waals surface area contributed by atoms with E-state index in [0.717, 1.165) is 0 Å². The second kappa shape index (κ2) is 3.20. The molecule has 0 aromatic heterocycles. The molecule has 1 heterocycles. The fourth-order valence-electron chi connectivity index (χ4n) is 1.78. The lowest BCUT2D eigenvalue weighted by atomic mass is 10.0. The van der Waals surface area contributed by atoms with Crippen LogP contribution in [0.3, 0.4) is 0 Å². The van der Waals surface area contributed by atoms with Crippen LogP contribution in [0.15, 0.2) is 5.10 Å². The van der Waals surface area contributed by atoms with Crippen molar-refractivity contribution in [2.45, 2.75) is 46.3 Å². The van der Waals surface area contributed by atoms with Gasteiger partial charge in [0.05, 0.1) is 0 Å². The van der Waals surface area contributed by atoms with Crippen LogP contribution in [0.2, 0.25) is 0 Å². The SMILES string of the molecule is CC(C)C1N(C)N=CN1C(C)(C)C. The van der Waals surface area contributed by atoms with Gasteiger partial charge in [-0.3, -0.25) is 5.01 Å². The molecule has 13 heavy (non-hydrogen) atoms. The van der Waals surface area contributed by atoms with Crippen LogP contribution in [0.1, 0.15) is 34.6 Å². The predicted octanol–water partition coefficient (Wildman–Crippen LogP) is 1.96. The molecule has 0 saturated heterocycles. The molecular formula is C10H21N3. The first-order valence-electron chi connectivity index (χ1n) is 4.89. The van der Waals surface area contributed by atoms with E-state index in [2.05, 4.69) is 44.6 Å². The van der Waals surface area contributed by atoms with Crippen molar-refractivity contribution < 1.29 is 0 Å². The number of hydrazone groups is 1. The lowest BCUT2D eigenvalue weighted by Crippen LogP contribution is -2.50. The van der Waals surface area contributed by atoms with E-state index in [1.807, 2.05) is 18.4 Å². The Balaban J connectivity index is 2.81. The molecule has 0 saturated carbocycles. The number of nitrogens with zero attached hydrogens (tertiary/aromatic N) is 3. The van der Waals surface area contributed by atoms with Crippen LogP contribution in [0.25, 0.3) is 0 Å². The van der Waals surface area contributed by atoms with E-state index in [9.17, 15) is 0 Å². The zero-order valence-corrected chi connectivity index (χ0v) is 9.57. The first kappa shape index (κ1) is 10.4. The van der Waals surface area contributed by atoms with Crippen LogP contribution < -0.4 is 0 Å². The Hall–Kier alpha value is -0.730. The largest absolute Gasteiger partial charge is 0.334 e. The monoisotopic (exact) mass is 183 g/mol. The first-order valence-corrected chi connectivity index (χ1v) is 4.89. The van der Waals surface area contributed by atoms with Gasteiger partial charge in [-0.25, -0.2) is 0 Å². The molecule has 0 aromatic rings. The third-order valence-corrected chi connectivity index (χ3v) is 2.40. The van der Waals surface area contributed by atoms with Crippen molar-refractivity contribution in [1.82, 2.24) is 9.91 Å². The van der Waals surface area contributed by atoms with Crippen molar-refractivity contribution in [3.63, 3.8) is 0 Å². The molecule has 0 amide bonds. The maximum absolute atomic E-state index is 4.32. The fourth-order valence-corrected chi connectivity index (χ4v) is 1.78. The van der Waals surface area contributed by atoms with Crippen molar-refractivity contribution in [2.24, 2.45) is 11.0 Å². The van der Waals surface area contributed by atoms with E-state index in [-0.39, 0.29) is 5.54 Å². The van der Waals surface area contributed by atoms with Gasteiger partial charge >= 0.3 is 0 Å². The summed E-state index contributed by atoms with van der Waals surface area (Å²) in [6.45, 7) is 11.1. The second-order valence-electron chi connectivity index (χ2n) is 5.04. The maximum Gasteiger partial charge on any atom is 0.121 e. The molecule has 0 bridgehead atoms. The molecule has 0 aliphatic carbocycles. The first-order chi connectivity index (χ1) is 5.84. The van der Waals surface area contributed by atoms with E-state index < -0.39 is 0 Å². The summed E-state index contributed by atoms with van der Waals surface area (Å²) >= 11 is 0. The summed E-state index contributed by atoms with van der Waals surface area (Å²) in [6.07, 6.45) is 2.35. The third-order valence-electron chi connectivity index (χ3n) is 2.40. The van der Waals surface area contributed by atoms with Crippen molar-refractivity contribution in [3.05, 3.63) is 0 Å². The van der Waals surface area contributed by atoms with Gasteiger partial charge in [0.1, 0.15) is 12.5 Å². The predicted molar refractivity (Wildman–Crippen MR) is 56.5 cm³/mol. The molecule has 3 heteroatoms. The van der Waals surface area contributed by atoms with Gasteiger partial charge in [0.15, 0.2) is 0 Å². The van der Waals surface area contributed by atoms with Crippen LogP contribution in [0.4, 0.5) is 0 Å². The van der Waals surface area contributed by atoms with Gasteiger partial charge in [-0.15, -0.1) is 0 Å². The summed E-state index contributed by atoms with van der Waals surface area (Å²) in [5, 5.41) is 6.36. The summed E-state index contributed by atoms with van der Waals surface area (Å²) in [4.78, 5) is 2.32. The molecule has 0 spiro atoms. The lowest BCUT2D eigenvalue weighted by molar-refractivity contribution is 0.0591. The van der Waals surface area contributed by atoms with Crippen molar-refractivity contribution in [3.8, 4) is 0 Å². The minimum Gasteiger partial charge on any atom is -0.334 e. The number of rotatable bonds is 1. The van der Waals surface area contributed by atoms with Crippen LogP contribution in [-0.2, 0) is 0 Å². The Morgan fingerprint density at radius 2 is 1.85 bits per heavy atom. The molecular weight excluding hydrogens is 162 g/mol. The highest BCUT2D eigenvalue weighted by Crippen LogP contribution is 2.25. The topological polar surface area (TPSA) is 18.8 Å². The van der Waals surface area contributed by atoms with E-state index >= 15 is 0 Å². The number of hydrogen-bond acceptors (Lipinski definition) is 3. The van der Waals surface area contributed by atoms with Gasteiger partial charge in [0.2, 0.25) is 0 Å². The molecule has 1 unspecified atom stereocenters. The van der Waals surface area contributed by atoms with Gasteiger partial charge in [-0.2, -0.15) is 5.10 Å². The molecule has 1 atom stereocenters. The Labute approximate surface area is 81.4 Å². The highest BCUT2D eigenvalue weighted by atomic mass is 15.6. The molecule has 1 rings (SSSR count). The molecule has 1 aliphatic rings. The average Bonchev–Trinajstić information content (AvgIpc) is 2.28. The van der Waals surface area contributed by atoms with E-state index in [4.69, 9.17) is 0 Å². The van der Waals surface area contributed by atoms with Crippen molar-refractivity contribution >= 4 is 6.34 Å². The molecule has 1 aliphatic heterocycles. The Morgan fingerprint density at radius 1 is 1.31 bits per heavy atom. The lowest BCUT2D eigenvalue weighted by Gasteiger charge is -2.40. The Morgan fingerprint density at radius 3 is 2.15 bits per heavy atom. The molecule has 0 N–H and O–H groups in total. The van der Waals surface area contributed by atoms with Gasteiger partial charge in [0.25, 0.3) is 0 Å². The Bertz CT molecular complexity index is 203. The number of hydrogen-bond donors (Lipinski definition) is 0.